The highest BCUT2D eigenvalue weighted by molar-refractivity contribution is 7.92. The van der Waals surface area contributed by atoms with E-state index < -0.39 is 10.0 Å². The minimum Gasteiger partial charge on any atom is -0.454 e. The molecule has 0 aromatic heterocycles. The van der Waals surface area contributed by atoms with E-state index in [1.165, 1.54) is 12.1 Å². The molecule has 0 saturated carbocycles. The summed E-state index contributed by atoms with van der Waals surface area (Å²) in [5, 5.41) is 0.757. The van der Waals surface area contributed by atoms with Gasteiger partial charge in [-0.3, -0.25) is 14.4 Å². The Morgan fingerprint density at radius 3 is 2.25 bits per heavy atom. The van der Waals surface area contributed by atoms with Crippen molar-refractivity contribution in [2.45, 2.75) is 18.7 Å². The Morgan fingerprint density at radius 2 is 1.60 bits per heavy atom. The number of nitrogens with one attached hydrogen (secondary N) is 1. The summed E-state index contributed by atoms with van der Waals surface area (Å²) in [5.41, 5.74) is 0.698. The van der Waals surface area contributed by atoms with Gasteiger partial charge in [0.2, 0.25) is 0 Å². The molecule has 1 amide bonds. The molecule has 1 N–H and O–H groups in total. The highest BCUT2D eigenvalue weighted by Gasteiger charge is 2.23. The van der Waals surface area contributed by atoms with Gasteiger partial charge in [0.15, 0.2) is 5.75 Å². The van der Waals surface area contributed by atoms with Crippen LogP contribution in [0.2, 0.25) is 10.0 Å². The molecular weight excluding hydrogens is 571 g/mol. The summed E-state index contributed by atoms with van der Waals surface area (Å²) >= 11 is 12.2. The van der Waals surface area contributed by atoms with Crippen molar-refractivity contribution in [2.75, 3.05) is 57.1 Å². The summed E-state index contributed by atoms with van der Waals surface area (Å²) in [6.07, 6.45) is 0. The molecule has 4 rings (SSSR count). The summed E-state index contributed by atoms with van der Waals surface area (Å²) in [6.45, 7) is 11.4. The van der Waals surface area contributed by atoms with Crippen LogP contribution in [0.4, 0.5) is 5.69 Å². The molecule has 0 unspecified atom stereocenters. The Bertz CT molecular complexity index is 1410. The first-order valence-corrected chi connectivity index (χ1v) is 15.5. The molecule has 11 heteroatoms. The normalized spacial score (nSPS) is 14.4. The predicted molar refractivity (Wildman–Crippen MR) is 160 cm³/mol. The molecule has 0 radical (unpaired) electrons. The van der Waals surface area contributed by atoms with Gasteiger partial charge in [0.25, 0.3) is 15.9 Å². The lowest BCUT2D eigenvalue weighted by Gasteiger charge is -2.35. The van der Waals surface area contributed by atoms with Gasteiger partial charge in [-0.25, -0.2) is 8.42 Å². The monoisotopic (exact) mass is 604 g/mol. The fourth-order valence-electron chi connectivity index (χ4n) is 4.48. The third-order valence-electron chi connectivity index (χ3n) is 6.94. The number of ether oxygens (including phenoxy) is 1. The molecule has 3 aromatic carbocycles. The van der Waals surface area contributed by atoms with Crippen molar-refractivity contribution < 1.29 is 17.9 Å². The smallest absolute Gasteiger partial charge is 0.262 e. The molecular formula is C29H34Cl2N4O4S. The topological polar surface area (TPSA) is 82.2 Å². The highest BCUT2D eigenvalue weighted by Crippen LogP contribution is 2.35. The Balaban J connectivity index is 1.38. The number of nitrogens with zero attached hydrogens (tertiary/aromatic N) is 3. The highest BCUT2D eigenvalue weighted by atomic mass is 35.5. The summed E-state index contributed by atoms with van der Waals surface area (Å²) in [5.74, 6) is 0.516. The average molecular weight is 606 g/mol. The van der Waals surface area contributed by atoms with Crippen molar-refractivity contribution in [3.05, 3.63) is 82.3 Å². The molecule has 1 aliphatic rings. The maximum atomic E-state index is 13.2. The third-order valence-corrected chi connectivity index (χ3v) is 8.86. The lowest BCUT2D eigenvalue weighted by molar-refractivity contribution is 0.0624. The SMILES string of the molecule is CCN(CC)CCN1CCN(C(=O)c2ccc(S(=O)(=O)Nc3ccccc3Oc3ccc(Cl)cc3Cl)cc2)CC1. The molecule has 8 nitrogen and oxygen atoms in total. The van der Waals surface area contributed by atoms with Gasteiger partial charge in [0.05, 0.1) is 15.6 Å². The minimum atomic E-state index is -3.96. The third kappa shape index (κ3) is 7.67. The number of halogens is 2. The summed E-state index contributed by atoms with van der Waals surface area (Å²) in [7, 11) is -3.96. The van der Waals surface area contributed by atoms with Crippen LogP contribution in [0.3, 0.4) is 0 Å². The van der Waals surface area contributed by atoms with Gasteiger partial charge in [-0.05, 0) is 67.7 Å². The molecule has 3 aromatic rings. The van der Waals surface area contributed by atoms with Gasteiger partial charge in [-0.1, -0.05) is 49.2 Å². The number of anilines is 1. The second-order valence-electron chi connectivity index (χ2n) is 9.46. The van der Waals surface area contributed by atoms with Crippen molar-refractivity contribution >= 4 is 44.8 Å². The molecule has 0 bridgehead atoms. The van der Waals surface area contributed by atoms with Gasteiger partial charge in [-0.15, -0.1) is 0 Å². The number of amides is 1. The molecule has 0 atom stereocenters. The number of para-hydroxylation sites is 2. The van der Waals surface area contributed by atoms with Gasteiger partial charge in [0, 0.05) is 49.9 Å². The van der Waals surface area contributed by atoms with Crippen molar-refractivity contribution in [3.8, 4) is 11.5 Å². The maximum Gasteiger partial charge on any atom is 0.262 e. The van der Waals surface area contributed by atoms with Crippen molar-refractivity contribution in [1.29, 1.82) is 0 Å². The van der Waals surface area contributed by atoms with Gasteiger partial charge < -0.3 is 14.5 Å². The number of carbonyl (C=O) groups excluding carboxylic acids is 1. The van der Waals surface area contributed by atoms with Crippen LogP contribution in [-0.2, 0) is 10.0 Å². The number of likely N-dealkylation sites (N-methyl/N-ethyl adjacent to an activating group) is 1. The Morgan fingerprint density at radius 1 is 0.925 bits per heavy atom. The van der Waals surface area contributed by atoms with Crippen LogP contribution in [-0.4, -0.2) is 81.4 Å². The summed E-state index contributed by atoms with van der Waals surface area (Å²) < 4.78 is 34.8. The molecule has 1 saturated heterocycles. The first-order chi connectivity index (χ1) is 19.2. The van der Waals surface area contributed by atoms with E-state index in [0.717, 1.165) is 39.3 Å². The Labute approximate surface area is 246 Å². The molecule has 0 spiro atoms. The quantitative estimate of drug-likeness (QED) is 0.303. The second kappa shape index (κ2) is 13.7. The molecule has 1 heterocycles. The number of benzene rings is 3. The number of hydrogen-bond donors (Lipinski definition) is 1. The van der Waals surface area contributed by atoms with E-state index in [0.29, 0.717) is 34.4 Å². The van der Waals surface area contributed by atoms with Gasteiger partial charge >= 0.3 is 0 Å². The van der Waals surface area contributed by atoms with Crippen LogP contribution < -0.4 is 9.46 Å². The number of piperazine rings is 1. The fourth-order valence-corrected chi connectivity index (χ4v) is 5.99. The largest absolute Gasteiger partial charge is 0.454 e. The first-order valence-electron chi connectivity index (χ1n) is 13.3. The molecule has 0 aliphatic carbocycles. The van der Waals surface area contributed by atoms with Crippen LogP contribution >= 0.6 is 23.2 Å². The van der Waals surface area contributed by atoms with E-state index in [2.05, 4.69) is 28.4 Å². The van der Waals surface area contributed by atoms with E-state index in [9.17, 15) is 13.2 Å². The molecule has 40 heavy (non-hydrogen) atoms. The Hall–Kier alpha value is -2.82. The van der Waals surface area contributed by atoms with Gasteiger partial charge in [0.1, 0.15) is 5.75 Å². The van der Waals surface area contributed by atoms with Crippen LogP contribution in [0.5, 0.6) is 11.5 Å². The predicted octanol–water partition coefficient (Wildman–Crippen LogP) is 5.69. The van der Waals surface area contributed by atoms with Crippen LogP contribution in [0, 0.1) is 0 Å². The number of sulfonamides is 1. The zero-order valence-electron chi connectivity index (χ0n) is 22.6. The second-order valence-corrected chi connectivity index (χ2v) is 12.0. The lowest BCUT2D eigenvalue weighted by Crippen LogP contribution is -2.50. The van der Waals surface area contributed by atoms with Gasteiger partial charge in [-0.2, -0.15) is 0 Å². The van der Waals surface area contributed by atoms with E-state index in [1.807, 2.05) is 4.90 Å². The van der Waals surface area contributed by atoms with Crippen LogP contribution in [0.15, 0.2) is 71.6 Å². The van der Waals surface area contributed by atoms with E-state index in [-0.39, 0.29) is 22.2 Å². The van der Waals surface area contributed by atoms with Crippen molar-refractivity contribution in [3.63, 3.8) is 0 Å². The van der Waals surface area contributed by atoms with Crippen LogP contribution in [0.25, 0.3) is 0 Å². The number of rotatable bonds is 11. The fraction of sp³-hybridized carbons (Fsp3) is 0.345. The minimum absolute atomic E-state index is 0.0320. The molecule has 214 valence electrons. The Kier molecular flexibility index (Phi) is 10.3. The van der Waals surface area contributed by atoms with E-state index >= 15 is 0 Å². The molecule has 1 fully saturated rings. The number of carbonyl (C=O) groups is 1. The summed E-state index contributed by atoms with van der Waals surface area (Å²) in [4.78, 5) is 19.7. The average Bonchev–Trinajstić information content (AvgIpc) is 2.96. The van der Waals surface area contributed by atoms with Crippen LogP contribution in [0.1, 0.15) is 24.2 Å². The first kappa shape index (κ1) is 30.1. The number of hydrogen-bond acceptors (Lipinski definition) is 6. The maximum absolute atomic E-state index is 13.2. The zero-order chi connectivity index (χ0) is 28.7. The summed E-state index contributed by atoms with van der Waals surface area (Å²) in [6, 6.07) is 17.4. The van der Waals surface area contributed by atoms with Crippen molar-refractivity contribution in [2.24, 2.45) is 0 Å². The lowest BCUT2D eigenvalue weighted by atomic mass is 10.2. The zero-order valence-corrected chi connectivity index (χ0v) is 25.0. The van der Waals surface area contributed by atoms with Crippen molar-refractivity contribution in [1.82, 2.24) is 14.7 Å². The molecule has 1 aliphatic heterocycles. The van der Waals surface area contributed by atoms with E-state index in [1.54, 1.807) is 54.6 Å². The van der Waals surface area contributed by atoms with E-state index in [4.69, 9.17) is 27.9 Å². The standard InChI is InChI=1S/C29H34Cl2N4O4S/c1-3-33(4-2)15-16-34-17-19-35(20-18-34)29(36)22-9-12-24(13-10-22)40(37,38)32-26-7-5-6-8-28(26)39-27-14-11-23(30)21-25(27)31/h5-14,21,32H,3-4,15-20H2,1-2H3.